The topological polar surface area (TPSA) is 69.8 Å². The number of aromatic amines is 1. The Morgan fingerprint density at radius 3 is 3.12 bits per heavy atom. The molecule has 0 saturated carbocycles. The Kier molecular flexibility index (Phi) is 2.40. The summed E-state index contributed by atoms with van der Waals surface area (Å²) in [5.41, 5.74) is 0.949. The van der Waals surface area contributed by atoms with E-state index in [0.29, 0.717) is 18.6 Å². The molecule has 86 valence electrons. The van der Waals surface area contributed by atoms with Crippen LogP contribution >= 0.6 is 0 Å². The van der Waals surface area contributed by atoms with Crippen LogP contribution in [0.25, 0.3) is 0 Å². The van der Waals surface area contributed by atoms with Gasteiger partial charge >= 0.3 is 0 Å². The lowest BCUT2D eigenvalue weighted by Gasteiger charge is -2.19. The number of nitrogens with one attached hydrogen (secondary N) is 3. The third kappa shape index (κ3) is 1.71. The monoisotopic (exact) mass is 220 g/mol. The molecule has 3 heterocycles. The van der Waals surface area contributed by atoms with Gasteiger partial charge in [-0.25, -0.2) is 4.98 Å². The van der Waals surface area contributed by atoms with Gasteiger partial charge < -0.3 is 15.6 Å². The summed E-state index contributed by atoms with van der Waals surface area (Å²) in [7, 11) is 0. The molecule has 3 rings (SSSR count). The van der Waals surface area contributed by atoms with Crippen molar-refractivity contribution in [1.29, 1.82) is 0 Å². The van der Waals surface area contributed by atoms with Gasteiger partial charge in [0, 0.05) is 18.3 Å². The van der Waals surface area contributed by atoms with Crippen LogP contribution in [0.4, 0.5) is 0 Å². The van der Waals surface area contributed by atoms with E-state index in [2.05, 4.69) is 20.6 Å². The Hall–Kier alpha value is -1.36. The fourth-order valence-electron chi connectivity index (χ4n) is 2.81. The van der Waals surface area contributed by atoms with E-state index in [1.165, 1.54) is 6.42 Å². The quantitative estimate of drug-likeness (QED) is 0.680. The third-order valence-corrected chi connectivity index (χ3v) is 3.64. The minimum Gasteiger partial charge on any atom is -0.350 e. The van der Waals surface area contributed by atoms with Gasteiger partial charge in [-0.15, -0.1) is 0 Å². The smallest absolute Gasteiger partial charge is 0.225 e. The minimum atomic E-state index is 0.168. The number of fused-ring (bicyclic) bond motifs is 2. The highest BCUT2D eigenvalue weighted by Gasteiger charge is 2.42. The summed E-state index contributed by atoms with van der Waals surface area (Å²) in [4.78, 5) is 18.8. The summed E-state index contributed by atoms with van der Waals surface area (Å²) in [6, 6.07) is 0.986. The summed E-state index contributed by atoms with van der Waals surface area (Å²) in [5, 5.41) is 6.43. The molecule has 3 atom stereocenters. The van der Waals surface area contributed by atoms with Crippen molar-refractivity contribution in [2.75, 3.05) is 0 Å². The number of amides is 1. The fraction of sp³-hybridized carbons (Fsp3) is 0.636. The maximum absolute atomic E-state index is 11.9. The largest absolute Gasteiger partial charge is 0.350 e. The zero-order valence-corrected chi connectivity index (χ0v) is 9.07. The molecule has 1 amide bonds. The Balaban J connectivity index is 1.54. The van der Waals surface area contributed by atoms with E-state index >= 15 is 0 Å². The molecule has 16 heavy (non-hydrogen) atoms. The molecule has 0 spiro atoms. The second kappa shape index (κ2) is 3.90. The van der Waals surface area contributed by atoms with Crippen LogP contribution in [0.1, 0.15) is 25.0 Å². The van der Waals surface area contributed by atoms with Gasteiger partial charge in [-0.2, -0.15) is 0 Å². The highest BCUT2D eigenvalue weighted by atomic mass is 16.1. The highest BCUT2D eigenvalue weighted by molar-refractivity contribution is 5.80. The molecule has 1 aromatic rings. The summed E-state index contributed by atoms with van der Waals surface area (Å²) in [5.74, 6) is 0.343. The van der Waals surface area contributed by atoms with Crippen molar-refractivity contribution in [2.45, 2.75) is 37.9 Å². The molecule has 0 radical (unpaired) electrons. The number of H-pyrrole nitrogens is 1. The van der Waals surface area contributed by atoms with Gasteiger partial charge in [0.2, 0.25) is 5.91 Å². The fourth-order valence-corrected chi connectivity index (χ4v) is 2.81. The molecule has 2 saturated heterocycles. The Morgan fingerprint density at radius 2 is 2.50 bits per heavy atom. The summed E-state index contributed by atoms with van der Waals surface area (Å²) in [6.07, 6.45) is 6.74. The molecule has 3 N–H and O–H groups in total. The highest BCUT2D eigenvalue weighted by Crippen LogP contribution is 2.33. The summed E-state index contributed by atoms with van der Waals surface area (Å²) >= 11 is 0. The summed E-state index contributed by atoms with van der Waals surface area (Å²) in [6.45, 7) is 0.548. The lowest BCUT2D eigenvalue weighted by molar-refractivity contribution is -0.125. The van der Waals surface area contributed by atoms with Crippen molar-refractivity contribution in [3.05, 3.63) is 18.2 Å². The molecule has 5 nitrogen and oxygen atoms in total. The Morgan fingerprint density at radius 1 is 1.56 bits per heavy atom. The molecule has 2 aliphatic rings. The van der Waals surface area contributed by atoms with E-state index < -0.39 is 0 Å². The molecule has 0 aromatic carbocycles. The number of hydrogen-bond donors (Lipinski definition) is 3. The number of carbonyl (C=O) groups excluding carboxylic acids is 1. The average molecular weight is 220 g/mol. The lowest BCUT2D eigenvalue weighted by Crippen LogP contribution is -2.37. The number of nitrogens with zero attached hydrogens (tertiary/aromatic N) is 1. The molecule has 1 aromatic heterocycles. The maximum atomic E-state index is 11.9. The van der Waals surface area contributed by atoms with Crippen molar-refractivity contribution >= 4 is 5.91 Å². The number of hydrogen-bond acceptors (Lipinski definition) is 3. The third-order valence-electron chi connectivity index (χ3n) is 3.64. The predicted octanol–water partition coefficient (Wildman–Crippen LogP) is 0.166. The second-order valence-corrected chi connectivity index (χ2v) is 4.68. The standard InChI is InChI=1S/C11H16N4O/c16-11(13-5-8-4-12-6-14-8)9-3-7-1-2-10(9)15-7/h4,6-7,9-10,15H,1-3,5H2,(H,12,14)(H,13,16). The molecular weight excluding hydrogens is 204 g/mol. The second-order valence-electron chi connectivity index (χ2n) is 4.68. The maximum Gasteiger partial charge on any atom is 0.225 e. The first-order valence-electron chi connectivity index (χ1n) is 5.84. The van der Waals surface area contributed by atoms with Gasteiger partial charge in [0.05, 0.1) is 24.5 Å². The van der Waals surface area contributed by atoms with Crippen LogP contribution < -0.4 is 10.6 Å². The van der Waals surface area contributed by atoms with Crippen LogP contribution in [-0.2, 0) is 11.3 Å². The normalized spacial score (nSPS) is 31.9. The average Bonchev–Trinajstić information content (AvgIpc) is 3.01. The van der Waals surface area contributed by atoms with E-state index in [1.54, 1.807) is 12.5 Å². The molecule has 2 aliphatic heterocycles. The number of aromatic nitrogens is 2. The SMILES string of the molecule is O=C(NCc1cnc[nH]1)C1CC2CCC1N2. The van der Waals surface area contributed by atoms with E-state index in [1.807, 2.05) is 0 Å². The van der Waals surface area contributed by atoms with Gasteiger partial charge in [-0.05, 0) is 19.3 Å². The van der Waals surface area contributed by atoms with Gasteiger partial charge in [-0.3, -0.25) is 4.79 Å². The summed E-state index contributed by atoms with van der Waals surface area (Å²) < 4.78 is 0. The van der Waals surface area contributed by atoms with Gasteiger partial charge in [0.1, 0.15) is 0 Å². The molecule has 2 bridgehead atoms. The van der Waals surface area contributed by atoms with Crippen molar-refractivity contribution in [1.82, 2.24) is 20.6 Å². The van der Waals surface area contributed by atoms with E-state index in [-0.39, 0.29) is 11.8 Å². The van der Waals surface area contributed by atoms with E-state index in [9.17, 15) is 4.79 Å². The molecular formula is C11H16N4O. The van der Waals surface area contributed by atoms with Crippen molar-refractivity contribution in [2.24, 2.45) is 5.92 Å². The first kappa shape index (κ1) is 9.84. The van der Waals surface area contributed by atoms with Gasteiger partial charge in [-0.1, -0.05) is 0 Å². The molecule has 0 aliphatic carbocycles. The van der Waals surface area contributed by atoms with Crippen molar-refractivity contribution in [3.63, 3.8) is 0 Å². The van der Waals surface area contributed by atoms with Crippen LogP contribution in [0.15, 0.2) is 12.5 Å². The van der Waals surface area contributed by atoms with E-state index in [0.717, 1.165) is 18.5 Å². The number of carbonyl (C=O) groups is 1. The first-order chi connectivity index (χ1) is 7.83. The number of rotatable bonds is 3. The van der Waals surface area contributed by atoms with Crippen LogP contribution in [-0.4, -0.2) is 28.0 Å². The molecule has 3 unspecified atom stereocenters. The van der Waals surface area contributed by atoms with Crippen LogP contribution in [0.2, 0.25) is 0 Å². The predicted molar refractivity (Wildman–Crippen MR) is 58.5 cm³/mol. The molecule has 5 heteroatoms. The Bertz CT molecular complexity index is 375. The van der Waals surface area contributed by atoms with Crippen LogP contribution in [0.5, 0.6) is 0 Å². The van der Waals surface area contributed by atoms with Crippen molar-refractivity contribution < 1.29 is 4.79 Å². The first-order valence-corrected chi connectivity index (χ1v) is 5.84. The lowest BCUT2D eigenvalue weighted by atomic mass is 9.88. The van der Waals surface area contributed by atoms with E-state index in [4.69, 9.17) is 0 Å². The van der Waals surface area contributed by atoms with Crippen LogP contribution in [0.3, 0.4) is 0 Å². The molecule has 2 fully saturated rings. The zero-order valence-electron chi connectivity index (χ0n) is 9.07. The van der Waals surface area contributed by atoms with Gasteiger partial charge in [0.15, 0.2) is 0 Å². The number of imidazole rings is 1. The van der Waals surface area contributed by atoms with Crippen molar-refractivity contribution in [3.8, 4) is 0 Å². The van der Waals surface area contributed by atoms with Gasteiger partial charge in [0.25, 0.3) is 0 Å². The van der Waals surface area contributed by atoms with Crippen LogP contribution in [0, 0.1) is 5.92 Å². The zero-order chi connectivity index (χ0) is 11.0. The minimum absolute atomic E-state index is 0.168. The Labute approximate surface area is 94.0 Å².